The first kappa shape index (κ1) is 16.8. The molecule has 0 bridgehead atoms. The summed E-state index contributed by atoms with van der Waals surface area (Å²) in [4.78, 5) is 16.4. The maximum Gasteiger partial charge on any atom is 0.311 e. The quantitative estimate of drug-likeness (QED) is 0.649. The molecule has 0 fully saturated rings. The van der Waals surface area contributed by atoms with E-state index in [1.807, 2.05) is 0 Å². The number of nitrogens with zero attached hydrogens (tertiary/aromatic N) is 4. The van der Waals surface area contributed by atoms with E-state index in [2.05, 4.69) is 19.9 Å². The molecule has 0 saturated heterocycles. The lowest BCUT2D eigenvalue weighted by Crippen LogP contribution is -2.06. The van der Waals surface area contributed by atoms with E-state index < -0.39 is 11.8 Å². The number of benzene rings is 1. The van der Waals surface area contributed by atoms with Gasteiger partial charge in [0, 0.05) is 6.20 Å². The van der Waals surface area contributed by atoms with Crippen LogP contribution in [0, 0.1) is 5.82 Å². The standard InChI is InChI=1S/C16H12ClFN4O3/c1-24-15(23)7-11-9-20-22(21-11)12-2-4-13(5-3-12)25-16-14(18)6-10(17)8-19-16/h2-6,8-9H,7H2,1H3. The SMILES string of the molecule is COC(=O)Cc1cnn(-c2ccc(Oc3ncc(Cl)cc3F)cc2)n1. The number of rotatable bonds is 5. The molecule has 2 aromatic heterocycles. The molecule has 0 atom stereocenters. The molecule has 128 valence electrons. The summed E-state index contributed by atoms with van der Waals surface area (Å²) in [5.74, 6) is -0.833. The Kier molecular flexibility index (Phi) is 4.90. The van der Waals surface area contributed by atoms with Crippen LogP contribution in [0.4, 0.5) is 4.39 Å². The molecule has 0 aliphatic carbocycles. The van der Waals surface area contributed by atoms with Gasteiger partial charge in [-0.2, -0.15) is 15.0 Å². The van der Waals surface area contributed by atoms with Gasteiger partial charge in [0.15, 0.2) is 5.82 Å². The Bertz CT molecular complexity index is 899. The number of halogens is 2. The fraction of sp³-hybridized carbons (Fsp3) is 0.125. The predicted molar refractivity (Wildman–Crippen MR) is 86.4 cm³/mol. The highest BCUT2D eigenvalue weighted by Crippen LogP contribution is 2.24. The monoisotopic (exact) mass is 362 g/mol. The van der Waals surface area contributed by atoms with E-state index >= 15 is 0 Å². The zero-order valence-electron chi connectivity index (χ0n) is 13.0. The van der Waals surface area contributed by atoms with Crippen molar-refractivity contribution in [1.82, 2.24) is 20.0 Å². The van der Waals surface area contributed by atoms with Crippen LogP contribution in [0.25, 0.3) is 5.69 Å². The van der Waals surface area contributed by atoms with Crippen molar-refractivity contribution in [2.75, 3.05) is 7.11 Å². The summed E-state index contributed by atoms with van der Waals surface area (Å²) in [6.45, 7) is 0. The molecule has 0 saturated carbocycles. The lowest BCUT2D eigenvalue weighted by atomic mass is 10.3. The molecule has 0 aliphatic heterocycles. The van der Waals surface area contributed by atoms with Gasteiger partial charge in [0.2, 0.25) is 0 Å². The molecular weight excluding hydrogens is 351 g/mol. The summed E-state index contributed by atoms with van der Waals surface area (Å²) in [6, 6.07) is 7.73. The van der Waals surface area contributed by atoms with Crippen molar-refractivity contribution in [3.63, 3.8) is 0 Å². The average molecular weight is 363 g/mol. The molecule has 0 N–H and O–H groups in total. The van der Waals surface area contributed by atoms with Gasteiger partial charge < -0.3 is 9.47 Å². The molecule has 0 unspecified atom stereocenters. The molecule has 9 heteroatoms. The Morgan fingerprint density at radius 1 is 1.28 bits per heavy atom. The van der Waals surface area contributed by atoms with E-state index in [1.165, 1.54) is 24.3 Å². The van der Waals surface area contributed by atoms with Gasteiger partial charge in [0.1, 0.15) is 5.75 Å². The van der Waals surface area contributed by atoms with Crippen molar-refractivity contribution >= 4 is 17.6 Å². The van der Waals surface area contributed by atoms with Gasteiger partial charge in [-0.25, -0.2) is 9.37 Å². The van der Waals surface area contributed by atoms with Gasteiger partial charge in [-0.05, 0) is 30.3 Å². The lowest BCUT2D eigenvalue weighted by molar-refractivity contribution is -0.139. The fourth-order valence-electron chi connectivity index (χ4n) is 1.96. The van der Waals surface area contributed by atoms with Crippen LogP contribution in [-0.2, 0) is 16.0 Å². The third-order valence-corrected chi connectivity index (χ3v) is 3.36. The molecule has 0 radical (unpaired) electrons. The van der Waals surface area contributed by atoms with Crippen LogP contribution in [0.15, 0.2) is 42.7 Å². The topological polar surface area (TPSA) is 79.1 Å². The second kappa shape index (κ2) is 7.27. The number of ether oxygens (including phenoxy) is 2. The Hall–Kier alpha value is -3.00. The largest absolute Gasteiger partial charge is 0.469 e. The number of pyridine rings is 1. The molecule has 0 spiro atoms. The van der Waals surface area contributed by atoms with E-state index in [0.29, 0.717) is 17.1 Å². The molecule has 0 amide bonds. The minimum absolute atomic E-state index is 0.0409. The Balaban J connectivity index is 1.73. The number of esters is 1. The first-order chi connectivity index (χ1) is 12.0. The number of carbonyl (C=O) groups excluding carboxylic acids is 1. The number of methoxy groups -OCH3 is 1. The molecule has 2 heterocycles. The molecule has 25 heavy (non-hydrogen) atoms. The zero-order chi connectivity index (χ0) is 17.8. The third kappa shape index (κ3) is 4.10. The van der Waals surface area contributed by atoms with Crippen LogP contribution in [0.5, 0.6) is 11.6 Å². The molecule has 3 rings (SSSR count). The molecular formula is C16H12ClFN4O3. The smallest absolute Gasteiger partial charge is 0.311 e. The molecule has 0 aliphatic rings. The van der Waals surface area contributed by atoms with Gasteiger partial charge >= 0.3 is 5.97 Å². The summed E-state index contributed by atoms with van der Waals surface area (Å²) < 4.78 is 23.6. The fourth-order valence-corrected chi connectivity index (χ4v) is 2.10. The van der Waals surface area contributed by atoms with Crippen molar-refractivity contribution in [3.8, 4) is 17.3 Å². The van der Waals surface area contributed by atoms with Crippen molar-refractivity contribution in [1.29, 1.82) is 0 Å². The highest BCUT2D eigenvalue weighted by molar-refractivity contribution is 6.30. The van der Waals surface area contributed by atoms with Crippen molar-refractivity contribution in [3.05, 3.63) is 59.3 Å². The van der Waals surface area contributed by atoms with Gasteiger partial charge in [-0.15, -0.1) is 0 Å². The predicted octanol–water partition coefficient (Wildman–Crippen LogP) is 2.96. The van der Waals surface area contributed by atoms with Crippen molar-refractivity contribution in [2.24, 2.45) is 0 Å². The minimum atomic E-state index is -0.655. The lowest BCUT2D eigenvalue weighted by Gasteiger charge is -2.06. The van der Waals surface area contributed by atoms with Gasteiger partial charge in [0.05, 0.1) is 36.1 Å². The van der Waals surface area contributed by atoms with Crippen molar-refractivity contribution < 1.29 is 18.7 Å². The normalized spacial score (nSPS) is 10.5. The van der Waals surface area contributed by atoms with E-state index in [1.54, 1.807) is 24.3 Å². The number of carbonyl (C=O) groups is 1. The van der Waals surface area contributed by atoms with Gasteiger partial charge in [-0.3, -0.25) is 4.79 Å². The van der Waals surface area contributed by atoms with Gasteiger partial charge in [0.25, 0.3) is 5.88 Å². The van der Waals surface area contributed by atoms with Crippen molar-refractivity contribution in [2.45, 2.75) is 6.42 Å². The Morgan fingerprint density at radius 2 is 2.04 bits per heavy atom. The van der Waals surface area contributed by atoms with Crippen LogP contribution >= 0.6 is 11.6 Å². The number of hydrogen-bond acceptors (Lipinski definition) is 6. The molecule has 1 aromatic carbocycles. The summed E-state index contributed by atoms with van der Waals surface area (Å²) in [5.41, 5.74) is 1.13. The maximum absolute atomic E-state index is 13.7. The van der Waals surface area contributed by atoms with E-state index in [0.717, 1.165) is 6.07 Å². The Labute approximate surface area is 147 Å². The zero-order valence-corrected chi connectivity index (χ0v) is 13.8. The van der Waals surface area contributed by atoms with E-state index in [-0.39, 0.29) is 17.3 Å². The van der Waals surface area contributed by atoms with E-state index in [4.69, 9.17) is 16.3 Å². The van der Waals surface area contributed by atoms with E-state index in [9.17, 15) is 9.18 Å². The minimum Gasteiger partial charge on any atom is -0.469 e. The van der Waals surface area contributed by atoms with Gasteiger partial charge in [-0.1, -0.05) is 11.6 Å². The summed E-state index contributed by atoms with van der Waals surface area (Å²) in [6.07, 6.45) is 2.82. The molecule has 7 nitrogen and oxygen atoms in total. The first-order valence-electron chi connectivity index (χ1n) is 7.12. The highest BCUT2D eigenvalue weighted by Gasteiger charge is 2.10. The second-order valence-corrected chi connectivity index (χ2v) is 5.35. The highest BCUT2D eigenvalue weighted by atomic mass is 35.5. The number of hydrogen-bond donors (Lipinski definition) is 0. The molecule has 3 aromatic rings. The second-order valence-electron chi connectivity index (χ2n) is 4.91. The average Bonchev–Trinajstić information content (AvgIpc) is 3.06. The van der Waals surface area contributed by atoms with Crippen LogP contribution < -0.4 is 4.74 Å². The third-order valence-electron chi connectivity index (χ3n) is 3.15. The van der Waals surface area contributed by atoms with Crippen LogP contribution in [0.1, 0.15) is 5.69 Å². The van der Waals surface area contributed by atoms with Crippen LogP contribution in [0.2, 0.25) is 5.02 Å². The first-order valence-corrected chi connectivity index (χ1v) is 7.50. The summed E-state index contributed by atoms with van der Waals surface area (Å²) in [5, 5.41) is 8.45. The van der Waals surface area contributed by atoms with Crippen LogP contribution in [-0.4, -0.2) is 33.1 Å². The maximum atomic E-state index is 13.7. The summed E-state index contributed by atoms with van der Waals surface area (Å²) >= 11 is 5.65. The Morgan fingerprint density at radius 3 is 2.72 bits per heavy atom. The van der Waals surface area contributed by atoms with Crippen LogP contribution in [0.3, 0.4) is 0 Å². The number of aromatic nitrogens is 4. The summed E-state index contributed by atoms with van der Waals surface area (Å²) in [7, 11) is 1.31.